The molecule has 2 aromatic rings. The number of anilines is 2. The van der Waals surface area contributed by atoms with Crippen LogP contribution >= 0.6 is 0 Å². The second kappa shape index (κ2) is 7.94. The molecule has 2 aliphatic rings. The Bertz CT molecular complexity index is 972. The number of carbonyl (C=O) groups is 1. The van der Waals surface area contributed by atoms with Crippen molar-refractivity contribution in [2.24, 2.45) is 0 Å². The average molecular weight is 416 g/mol. The number of benzene rings is 2. The molecule has 0 radical (unpaired) electrons. The van der Waals surface area contributed by atoms with E-state index in [1.54, 1.807) is 24.3 Å². The van der Waals surface area contributed by atoms with Crippen LogP contribution < -0.4 is 13.9 Å². The number of ether oxygens (including phenoxy) is 1. The molecule has 0 N–H and O–H groups in total. The average Bonchev–Trinajstić information content (AvgIpc) is 2.94. The van der Waals surface area contributed by atoms with Crippen molar-refractivity contribution in [2.75, 3.05) is 48.2 Å². The summed E-state index contributed by atoms with van der Waals surface area (Å²) in [5, 5.41) is 0. The molecule has 154 valence electrons. The molecule has 0 aliphatic carbocycles. The highest BCUT2D eigenvalue weighted by Crippen LogP contribution is 2.34. The third-order valence-electron chi connectivity index (χ3n) is 5.39. The molecule has 0 spiro atoms. The third-order valence-corrected chi connectivity index (χ3v) is 6.57. The molecule has 2 heterocycles. The van der Waals surface area contributed by atoms with E-state index in [9.17, 15) is 13.2 Å². The van der Waals surface area contributed by atoms with Gasteiger partial charge in [-0.15, -0.1) is 0 Å². The first-order chi connectivity index (χ1) is 13.9. The molecule has 2 aromatic carbocycles. The number of nitrogens with zero attached hydrogens (tertiary/aromatic N) is 3. The van der Waals surface area contributed by atoms with Crippen LogP contribution in [0.5, 0.6) is 5.75 Å². The van der Waals surface area contributed by atoms with E-state index in [1.807, 2.05) is 23.1 Å². The summed E-state index contributed by atoms with van der Waals surface area (Å²) in [5.74, 6) is 0.347. The molecule has 0 unspecified atom stereocenters. The first-order valence-electron chi connectivity index (χ1n) is 9.76. The minimum Gasteiger partial charge on any atom is -0.478 e. The standard InChI is InChI=1S/C21H25N3O4S/c1-29(26,27)24-12-11-20(28-19-10-6-5-9-18(19)24)21(25)23-15-13-22(14-16-23)17-7-3-2-4-8-17/h2-10,20H,11-16H2,1H3/t20-/m1/s1. The topological polar surface area (TPSA) is 70.2 Å². The Kier molecular flexibility index (Phi) is 5.36. The van der Waals surface area contributed by atoms with Crippen LogP contribution in [0.1, 0.15) is 6.42 Å². The van der Waals surface area contributed by atoms with Gasteiger partial charge in [0.2, 0.25) is 10.0 Å². The Morgan fingerprint density at radius 3 is 2.28 bits per heavy atom. The molecule has 4 rings (SSSR count). The molecule has 2 aliphatic heterocycles. The monoisotopic (exact) mass is 415 g/mol. The molecule has 8 heteroatoms. The zero-order valence-corrected chi connectivity index (χ0v) is 17.2. The van der Waals surface area contributed by atoms with Crippen molar-refractivity contribution in [1.82, 2.24) is 4.90 Å². The summed E-state index contributed by atoms with van der Waals surface area (Å²) in [6.07, 6.45) is 0.806. The number of fused-ring (bicyclic) bond motifs is 1. The van der Waals surface area contributed by atoms with Crippen molar-refractivity contribution in [3.8, 4) is 5.75 Å². The van der Waals surface area contributed by atoms with Gasteiger partial charge in [-0.05, 0) is 24.3 Å². The molecule has 29 heavy (non-hydrogen) atoms. The van der Waals surface area contributed by atoms with Crippen LogP contribution in [0.4, 0.5) is 11.4 Å². The fourth-order valence-electron chi connectivity index (χ4n) is 3.88. The van der Waals surface area contributed by atoms with Gasteiger partial charge in [-0.25, -0.2) is 8.42 Å². The van der Waals surface area contributed by atoms with Gasteiger partial charge in [0.15, 0.2) is 6.10 Å². The van der Waals surface area contributed by atoms with Crippen molar-refractivity contribution in [3.05, 3.63) is 54.6 Å². The number of carbonyl (C=O) groups excluding carboxylic acids is 1. The van der Waals surface area contributed by atoms with Gasteiger partial charge < -0.3 is 14.5 Å². The quantitative estimate of drug-likeness (QED) is 0.766. The number of hydrogen-bond donors (Lipinski definition) is 0. The Balaban J connectivity index is 1.46. The molecule has 1 amide bonds. The fraction of sp³-hybridized carbons (Fsp3) is 0.381. The summed E-state index contributed by atoms with van der Waals surface area (Å²) < 4.78 is 31.8. The van der Waals surface area contributed by atoms with Gasteiger partial charge in [-0.3, -0.25) is 9.10 Å². The fourth-order valence-corrected chi connectivity index (χ4v) is 4.82. The van der Waals surface area contributed by atoms with E-state index in [0.717, 1.165) is 18.8 Å². The lowest BCUT2D eigenvalue weighted by Gasteiger charge is -2.37. The highest BCUT2D eigenvalue weighted by molar-refractivity contribution is 7.92. The Labute approximate surface area is 171 Å². The maximum absolute atomic E-state index is 13.1. The van der Waals surface area contributed by atoms with E-state index in [4.69, 9.17) is 4.74 Å². The molecular weight excluding hydrogens is 390 g/mol. The first kappa shape index (κ1) is 19.6. The van der Waals surface area contributed by atoms with Crippen LogP contribution in [0, 0.1) is 0 Å². The predicted molar refractivity (Wildman–Crippen MR) is 113 cm³/mol. The highest BCUT2D eigenvalue weighted by atomic mass is 32.2. The summed E-state index contributed by atoms with van der Waals surface area (Å²) >= 11 is 0. The van der Waals surface area contributed by atoms with Crippen LogP contribution in [0.3, 0.4) is 0 Å². The molecule has 1 saturated heterocycles. The number of piperazine rings is 1. The van der Waals surface area contributed by atoms with Crippen LogP contribution in [-0.2, 0) is 14.8 Å². The second-order valence-electron chi connectivity index (χ2n) is 7.35. The lowest BCUT2D eigenvalue weighted by molar-refractivity contribution is -0.139. The van der Waals surface area contributed by atoms with Crippen LogP contribution in [0.15, 0.2) is 54.6 Å². The Hall–Kier alpha value is -2.74. The van der Waals surface area contributed by atoms with Crippen molar-refractivity contribution >= 4 is 27.3 Å². The highest BCUT2D eigenvalue weighted by Gasteiger charge is 2.34. The van der Waals surface area contributed by atoms with E-state index < -0.39 is 16.1 Å². The zero-order chi connectivity index (χ0) is 20.4. The van der Waals surface area contributed by atoms with E-state index in [0.29, 0.717) is 30.9 Å². The largest absolute Gasteiger partial charge is 0.478 e. The van der Waals surface area contributed by atoms with E-state index in [-0.39, 0.29) is 12.5 Å². The summed E-state index contributed by atoms with van der Waals surface area (Å²) in [7, 11) is -3.45. The van der Waals surface area contributed by atoms with Gasteiger partial charge in [0.05, 0.1) is 11.9 Å². The molecule has 1 atom stereocenters. The number of rotatable bonds is 3. The molecule has 0 bridgehead atoms. The second-order valence-corrected chi connectivity index (χ2v) is 9.25. The minimum atomic E-state index is -3.45. The van der Waals surface area contributed by atoms with Crippen molar-refractivity contribution < 1.29 is 17.9 Å². The molecule has 0 aromatic heterocycles. The molecule has 0 saturated carbocycles. The molecule has 1 fully saturated rings. The zero-order valence-electron chi connectivity index (χ0n) is 16.4. The number of amides is 1. The van der Waals surface area contributed by atoms with E-state index >= 15 is 0 Å². The van der Waals surface area contributed by atoms with Gasteiger partial charge >= 0.3 is 0 Å². The normalized spacial score (nSPS) is 19.9. The smallest absolute Gasteiger partial charge is 0.263 e. The molecule has 7 nitrogen and oxygen atoms in total. The van der Waals surface area contributed by atoms with Crippen LogP contribution in [-0.4, -0.2) is 64.3 Å². The summed E-state index contributed by atoms with van der Waals surface area (Å²) in [4.78, 5) is 17.2. The maximum atomic E-state index is 13.1. The Morgan fingerprint density at radius 1 is 0.931 bits per heavy atom. The lowest BCUT2D eigenvalue weighted by atomic mass is 10.2. The van der Waals surface area contributed by atoms with Gasteiger partial charge in [0.25, 0.3) is 5.91 Å². The van der Waals surface area contributed by atoms with Gasteiger partial charge in [0.1, 0.15) is 5.75 Å². The van der Waals surface area contributed by atoms with Gasteiger partial charge in [0, 0.05) is 44.8 Å². The van der Waals surface area contributed by atoms with Crippen molar-refractivity contribution in [2.45, 2.75) is 12.5 Å². The number of sulfonamides is 1. The summed E-state index contributed by atoms with van der Waals surface area (Å²) in [5.41, 5.74) is 1.64. The Morgan fingerprint density at radius 2 is 1.59 bits per heavy atom. The summed E-state index contributed by atoms with van der Waals surface area (Å²) in [6.45, 7) is 2.97. The van der Waals surface area contributed by atoms with Crippen molar-refractivity contribution in [3.63, 3.8) is 0 Å². The predicted octanol–water partition coefficient (Wildman–Crippen LogP) is 1.95. The van der Waals surface area contributed by atoms with Crippen LogP contribution in [0.2, 0.25) is 0 Å². The summed E-state index contributed by atoms with van der Waals surface area (Å²) in [6, 6.07) is 17.1. The van der Waals surface area contributed by atoms with E-state index in [1.165, 1.54) is 10.6 Å². The molecular formula is C21H25N3O4S. The van der Waals surface area contributed by atoms with Crippen molar-refractivity contribution in [1.29, 1.82) is 0 Å². The van der Waals surface area contributed by atoms with Gasteiger partial charge in [-0.1, -0.05) is 30.3 Å². The lowest BCUT2D eigenvalue weighted by Crippen LogP contribution is -2.52. The SMILES string of the molecule is CS(=O)(=O)N1CC[C@H](C(=O)N2CCN(c3ccccc3)CC2)Oc2ccccc21. The first-order valence-corrected chi connectivity index (χ1v) is 11.6. The number of hydrogen-bond acceptors (Lipinski definition) is 5. The minimum absolute atomic E-state index is 0.0807. The van der Waals surface area contributed by atoms with Crippen LogP contribution in [0.25, 0.3) is 0 Å². The van der Waals surface area contributed by atoms with E-state index in [2.05, 4.69) is 17.0 Å². The maximum Gasteiger partial charge on any atom is 0.263 e. The third kappa shape index (κ3) is 4.17. The van der Waals surface area contributed by atoms with Gasteiger partial charge in [-0.2, -0.15) is 0 Å². The number of para-hydroxylation sites is 3.